The fourth-order valence-electron chi connectivity index (χ4n) is 1.62. The number of carbonyl (C=O) groups is 1. The molecule has 1 amide bonds. The van der Waals surface area contributed by atoms with Gasteiger partial charge >= 0.3 is 0 Å². The maximum atomic E-state index is 11.4. The molecular formula is C13H11Br2N3O. The summed E-state index contributed by atoms with van der Waals surface area (Å²) in [5.41, 5.74) is 13.4. The van der Waals surface area contributed by atoms with Gasteiger partial charge in [-0.3, -0.25) is 4.79 Å². The van der Waals surface area contributed by atoms with Crippen molar-refractivity contribution in [3.05, 3.63) is 50.9 Å². The van der Waals surface area contributed by atoms with Gasteiger partial charge < -0.3 is 16.8 Å². The van der Waals surface area contributed by atoms with E-state index in [-0.39, 0.29) is 0 Å². The van der Waals surface area contributed by atoms with Gasteiger partial charge in [-0.1, -0.05) is 15.9 Å². The Morgan fingerprint density at radius 2 is 1.79 bits per heavy atom. The predicted octanol–water partition coefficient (Wildman–Crippen LogP) is 3.64. The normalized spacial score (nSPS) is 10.2. The smallest absolute Gasteiger partial charge is 0.250 e. The predicted molar refractivity (Wildman–Crippen MR) is 84.5 cm³/mol. The van der Waals surface area contributed by atoms with E-state index in [9.17, 15) is 4.79 Å². The first kappa shape index (κ1) is 13.9. The van der Waals surface area contributed by atoms with Crippen LogP contribution in [0.2, 0.25) is 0 Å². The van der Waals surface area contributed by atoms with Crippen molar-refractivity contribution in [1.29, 1.82) is 0 Å². The number of hydrogen-bond acceptors (Lipinski definition) is 3. The monoisotopic (exact) mass is 383 g/mol. The second-order valence-corrected chi connectivity index (χ2v) is 5.69. The van der Waals surface area contributed by atoms with Gasteiger partial charge in [0.25, 0.3) is 5.91 Å². The average molecular weight is 385 g/mol. The number of halogens is 2. The van der Waals surface area contributed by atoms with Crippen LogP contribution < -0.4 is 16.8 Å². The third-order valence-electron chi connectivity index (χ3n) is 2.51. The lowest BCUT2D eigenvalue weighted by atomic mass is 10.1. The summed E-state index contributed by atoms with van der Waals surface area (Å²) in [4.78, 5) is 11.4. The molecule has 0 aliphatic heterocycles. The molecule has 2 aromatic rings. The summed E-state index contributed by atoms with van der Waals surface area (Å²) in [5, 5.41) is 3.14. The zero-order valence-corrected chi connectivity index (χ0v) is 13.0. The van der Waals surface area contributed by atoms with E-state index in [0.717, 1.165) is 14.6 Å². The summed E-state index contributed by atoms with van der Waals surface area (Å²) in [6, 6.07) is 10.6. The fourth-order valence-corrected chi connectivity index (χ4v) is 2.76. The Kier molecular flexibility index (Phi) is 4.11. The highest BCUT2D eigenvalue weighted by atomic mass is 79.9. The second-order valence-electron chi connectivity index (χ2n) is 3.92. The van der Waals surface area contributed by atoms with Crippen LogP contribution in [0, 0.1) is 0 Å². The fraction of sp³-hybridized carbons (Fsp3) is 0. The summed E-state index contributed by atoms with van der Waals surface area (Å²) >= 11 is 6.82. The van der Waals surface area contributed by atoms with Gasteiger partial charge in [0.1, 0.15) is 0 Å². The van der Waals surface area contributed by atoms with E-state index in [2.05, 4.69) is 37.2 Å². The molecule has 0 saturated heterocycles. The zero-order chi connectivity index (χ0) is 14.0. The Bertz CT molecular complexity index is 644. The van der Waals surface area contributed by atoms with E-state index in [1.807, 2.05) is 18.2 Å². The van der Waals surface area contributed by atoms with Crippen LogP contribution in [-0.2, 0) is 0 Å². The quantitative estimate of drug-likeness (QED) is 0.706. The minimum absolute atomic E-state index is 0.393. The molecule has 5 N–H and O–H groups in total. The molecule has 98 valence electrons. The average Bonchev–Trinajstić information content (AvgIpc) is 2.32. The van der Waals surface area contributed by atoms with Crippen LogP contribution >= 0.6 is 31.9 Å². The number of nitrogens with one attached hydrogen (secondary N) is 1. The van der Waals surface area contributed by atoms with Crippen LogP contribution in [0.4, 0.5) is 17.1 Å². The van der Waals surface area contributed by atoms with E-state index in [4.69, 9.17) is 11.5 Å². The first-order valence-corrected chi connectivity index (χ1v) is 6.97. The molecule has 0 heterocycles. The molecule has 0 aliphatic carbocycles. The Labute approximate surface area is 127 Å². The van der Waals surface area contributed by atoms with Gasteiger partial charge in [0, 0.05) is 14.6 Å². The summed E-state index contributed by atoms with van der Waals surface area (Å²) < 4.78 is 1.81. The SMILES string of the molecule is NC(=O)c1ccc(N)cc1Nc1ccc(Br)cc1Br. The second kappa shape index (κ2) is 5.63. The molecule has 0 radical (unpaired) electrons. The molecule has 0 atom stereocenters. The standard InChI is InChI=1S/C13H11Br2N3O/c14-7-1-4-11(10(15)5-7)18-12-6-8(16)2-3-9(12)13(17)19/h1-6,18H,16H2,(H2,17,19). The van der Waals surface area contributed by atoms with Crippen molar-refractivity contribution in [1.82, 2.24) is 0 Å². The number of amides is 1. The number of nitrogens with two attached hydrogens (primary N) is 2. The van der Waals surface area contributed by atoms with Crippen LogP contribution in [0.15, 0.2) is 45.3 Å². The minimum atomic E-state index is -0.504. The first-order valence-electron chi connectivity index (χ1n) is 5.39. The highest BCUT2D eigenvalue weighted by Gasteiger charge is 2.10. The molecule has 0 saturated carbocycles. The lowest BCUT2D eigenvalue weighted by molar-refractivity contribution is 0.100. The molecule has 0 unspecified atom stereocenters. The van der Waals surface area contributed by atoms with Crippen LogP contribution in [-0.4, -0.2) is 5.91 Å². The number of benzene rings is 2. The summed E-state index contributed by atoms with van der Waals surface area (Å²) in [5.74, 6) is -0.504. The van der Waals surface area contributed by atoms with Gasteiger partial charge in [-0.25, -0.2) is 0 Å². The molecule has 6 heteroatoms. The first-order chi connectivity index (χ1) is 8.97. The molecule has 0 fully saturated rings. The molecular weight excluding hydrogens is 374 g/mol. The lowest BCUT2D eigenvalue weighted by Crippen LogP contribution is -2.13. The van der Waals surface area contributed by atoms with Crippen LogP contribution in [0.5, 0.6) is 0 Å². The van der Waals surface area contributed by atoms with E-state index in [1.165, 1.54) is 0 Å². The van der Waals surface area contributed by atoms with Crippen LogP contribution in [0.1, 0.15) is 10.4 Å². The van der Waals surface area contributed by atoms with Crippen LogP contribution in [0.25, 0.3) is 0 Å². The molecule has 0 bridgehead atoms. The number of primary amides is 1. The molecule has 0 aliphatic rings. The molecule has 0 spiro atoms. The number of carbonyl (C=O) groups excluding carboxylic acids is 1. The third-order valence-corrected chi connectivity index (χ3v) is 3.66. The van der Waals surface area contributed by atoms with Crippen molar-refractivity contribution in [3.63, 3.8) is 0 Å². The van der Waals surface area contributed by atoms with Gasteiger partial charge in [-0.05, 0) is 52.3 Å². The van der Waals surface area contributed by atoms with Crippen molar-refractivity contribution in [2.75, 3.05) is 11.1 Å². The van der Waals surface area contributed by atoms with Crippen molar-refractivity contribution in [2.24, 2.45) is 5.73 Å². The maximum absolute atomic E-state index is 11.4. The van der Waals surface area contributed by atoms with Crippen molar-refractivity contribution < 1.29 is 4.79 Å². The zero-order valence-electron chi connectivity index (χ0n) is 9.78. The largest absolute Gasteiger partial charge is 0.399 e. The number of nitrogen functional groups attached to an aromatic ring is 1. The van der Waals surface area contributed by atoms with Crippen molar-refractivity contribution in [2.45, 2.75) is 0 Å². The Morgan fingerprint density at radius 1 is 1.05 bits per heavy atom. The Balaban J connectivity index is 2.42. The third kappa shape index (κ3) is 3.27. The summed E-state index contributed by atoms with van der Waals surface area (Å²) in [6.45, 7) is 0. The highest BCUT2D eigenvalue weighted by molar-refractivity contribution is 9.11. The van der Waals surface area contributed by atoms with Gasteiger partial charge in [-0.15, -0.1) is 0 Å². The molecule has 0 aromatic heterocycles. The number of rotatable bonds is 3. The van der Waals surface area contributed by atoms with Gasteiger partial charge in [-0.2, -0.15) is 0 Å². The topological polar surface area (TPSA) is 81.1 Å². The Hall–Kier alpha value is -1.53. The number of hydrogen-bond donors (Lipinski definition) is 3. The molecule has 2 rings (SSSR count). The van der Waals surface area contributed by atoms with Gasteiger partial charge in [0.15, 0.2) is 0 Å². The molecule has 19 heavy (non-hydrogen) atoms. The summed E-state index contributed by atoms with van der Waals surface area (Å²) in [7, 11) is 0. The van der Waals surface area contributed by atoms with E-state index in [1.54, 1.807) is 18.2 Å². The van der Waals surface area contributed by atoms with Gasteiger partial charge in [0.05, 0.1) is 16.9 Å². The van der Waals surface area contributed by atoms with Crippen molar-refractivity contribution >= 4 is 54.8 Å². The maximum Gasteiger partial charge on any atom is 0.250 e. The number of anilines is 3. The van der Waals surface area contributed by atoms with E-state index in [0.29, 0.717) is 16.9 Å². The van der Waals surface area contributed by atoms with Crippen molar-refractivity contribution in [3.8, 4) is 0 Å². The lowest BCUT2D eigenvalue weighted by Gasteiger charge is -2.12. The van der Waals surface area contributed by atoms with Crippen LogP contribution in [0.3, 0.4) is 0 Å². The highest BCUT2D eigenvalue weighted by Crippen LogP contribution is 2.30. The minimum Gasteiger partial charge on any atom is -0.399 e. The summed E-state index contributed by atoms with van der Waals surface area (Å²) in [6.07, 6.45) is 0. The Morgan fingerprint density at radius 3 is 2.42 bits per heavy atom. The van der Waals surface area contributed by atoms with E-state index >= 15 is 0 Å². The van der Waals surface area contributed by atoms with Gasteiger partial charge in [0.2, 0.25) is 0 Å². The molecule has 4 nitrogen and oxygen atoms in total. The molecule has 2 aromatic carbocycles. The van der Waals surface area contributed by atoms with E-state index < -0.39 is 5.91 Å².